The minimum absolute atomic E-state index is 0.0605. The van der Waals surface area contributed by atoms with Crippen LogP contribution in [0, 0.1) is 0 Å². The highest BCUT2D eigenvalue weighted by Gasteiger charge is 2.28. The number of hydrogen-bond acceptors (Lipinski definition) is 6. The lowest BCUT2D eigenvalue weighted by molar-refractivity contribution is -0.135. The molecule has 0 fully saturated rings. The topological polar surface area (TPSA) is 100 Å². The fraction of sp³-hybridized carbons (Fsp3) is 0.500. The largest absolute Gasteiger partial charge is 0.348 e. The Balaban J connectivity index is 1.85. The molecule has 0 aromatic carbocycles. The molecule has 9 heteroatoms. The molecule has 1 N–H and O–H groups in total. The number of aromatic nitrogens is 5. The lowest BCUT2D eigenvalue weighted by atomic mass is 10.1. The van der Waals surface area contributed by atoms with Crippen molar-refractivity contribution in [3.8, 4) is 0 Å². The molecule has 0 saturated carbocycles. The number of hydrogen-bond donors (Lipinski definition) is 1. The van der Waals surface area contributed by atoms with Crippen LogP contribution < -0.4 is 10.5 Å². The molecule has 1 atom stereocenters. The van der Waals surface area contributed by atoms with Gasteiger partial charge in [-0.05, 0) is 13.3 Å². The van der Waals surface area contributed by atoms with Gasteiger partial charge in [-0.15, -0.1) is 0 Å². The van der Waals surface area contributed by atoms with Crippen molar-refractivity contribution in [1.82, 2.24) is 29.6 Å². The van der Waals surface area contributed by atoms with E-state index in [1.54, 1.807) is 16.7 Å². The third-order valence-corrected chi connectivity index (χ3v) is 3.99. The fourth-order valence-corrected chi connectivity index (χ4v) is 2.62. The van der Waals surface area contributed by atoms with Crippen LogP contribution in [0.5, 0.6) is 0 Å². The maximum Gasteiger partial charge on any atom is 0.255 e. The van der Waals surface area contributed by atoms with Crippen LogP contribution in [-0.4, -0.2) is 56.2 Å². The summed E-state index contributed by atoms with van der Waals surface area (Å²) in [6.07, 6.45) is 3.43. The summed E-state index contributed by atoms with van der Waals surface area (Å²) in [4.78, 5) is 39.3. The van der Waals surface area contributed by atoms with Crippen molar-refractivity contribution >= 4 is 11.9 Å². The van der Waals surface area contributed by atoms with Gasteiger partial charge in [0, 0.05) is 26.2 Å². The second-order valence-corrected chi connectivity index (χ2v) is 5.77. The molecule has 2 aromatic heterocycles. The molecule has 122 valence electrons. The Kier molecular flexibility index (Phi) is 3.85. The Morgan fingerprint density at radius 1 is 1.43 bits per heavy atom. The SMILES string of the molecule is C[C@H](C(=O)N1CCc2c(nc(N(C)C)[nH]c2=O)C1)n1cncn1. The van der Waals surface area contributed by atoms with Crippen molar-refractivity contribution in [2.75, 3.05) is 25.5 Å². The Hall–Kier alpha value is -2.71. The van der Waals surface area contributed by atoms with Gasteiger partial charge in [0.2, 0.25) is 11.9 Å². The van der Waals surface area contributed by atoms with Crippen molar-refractivity contribution < 1.29 is 4.79 Å². The maximum atomic E-state index is 12.6. The number of rotatable bonds is 3. The molecule has 1 aliphatic rings. The Labute approximate surface area is 133 Å². The summed E-state index contributed by atoms with van der Waals surface area (Å²) >= 11 is 0. The molecule has 1 aliphatic heterocycles. The van der Waals surface area contributed by atoms with E-state index in [2.05, 4.69) is 20.1 Å². The standard InChI is InChI=1S/C14H19N7O2/c1-9(21-8-15-7-16-21)13(23)20-5-4-10-11(6-20)17-14(19(2)3)18-12(10)22/h7-9H,4-6H2,1-3H3,(H,17,18,22)/t9-/m1/s1. The zero-order valence-electron chi connectivity index (χ0n) is 13.4. The summed E-state index contributed by atoms with van der Waals surface area (Å²) in [6, 6.07) is -0.436. The average molecular weight is 317 g/mol. The molecule has 9 nitrogen and oxygen atoms in total. The lowest BCUT2D eigenvalue weighted by Gasteiger charge is -2.30. The number of H-pyrrole nitrogens is 1. The van der Waals surface area contributed by atoms with Crippen LogP contribution in [0.15, 0.2) is 17.4 Å². The number of amides is 1. The lowest BCUT2D eigenvalue weighted by Crippen LogP contribution is -2.42. The zero-order valence-corrected chi connectivity index (χ0v) is 13.4. The molecule has 3 heterocycles. The highest BCUT2D eigenvalue weighted by Crippen LogP contribution is 2.18. The molecular weight excluding hydrogens is 298 g/mol. The zero-order chi connectivity index (χ0) is 16.6. The third kappa shape index (κ3) is 2.81. The predicted molar refractivity (Wildman–Crippen MR) is 83.0 cm³/mol. The number of aromatic amines is 1. The van der Waals surface area contributed by atoms with Crippen molar-refractivity contribution in [3.05, 3.63) is 34.3 Å². The van der Waals surface area contributed by atoms with Gasteiger partial charge < -0.3 is 9.80 Å². The van der Waals surface area contributed by atoms with Crippen LogP contribution in [0.25, 0.3) is 0 Å². The van der Waals surface area contributed by atoms with Crippen molar-refractivity contribution in [2.45, 2.75) is 25.9 Å². The quantitative estimate of drug-likeness (QED) is 0.825. The van der Waals surface area contributed by atoms with E-state index in [0.29, 0.717) is 36.7 Å². The maximum absolute atomic E-state index is 12.6. The van der Waals surface area contributed by atoms with Gasteiger partial charge in [-0.25, -0.2) is 14.6 Å². The second-order valence-electron chi connectivity index (χ2n) is 5.77. The van der Waals surface area contributed by atoms with Crippen LogP contribution in [-0.2, 0) is 17.8 Å². The van der Waals surface area contributed by atoms with Gasteiger partial charge in [0.05, 0.1) is 12.2 Å². The van der Waals surface area contributed by atoms with Crippen molar-refractivity contribution in [3.63, 3.8) is 0 Å². The van der Waals surface area contributed by atoms with E-state index in [4.69, 9.17) is 0 Å². The third-order valence-electron chi connectivity index (χ3n) is 3.99. The van der Waals surface area contributed by atoms with Gasteiger partial charge >= 0.3 is 0 Å². The van der Waals surface area contributed by atoms with Gasteiger partial charge in [-0.1, -0.05) is 0 Å². The molecule has 0 radical (unpaired) electrons. The van der Waals surface area contributed by atoms with Gasteiger partial charge in [0.15, 0.2) is 0 Å². The molecule has 0 saturated heterocycles. The van der Waals surface area contributed by atoms with Crippen LogP contribution in [0.3, 0.4) is 0 Å². The molecule has 0 spiro atoms. The van der Waals surface area contributed by atoms with E-state index in [0.717, 1.165) is 0 Å². The molecular formula is C14H19N7O2. The first-order valence-corrected chi connectivity index (χ1v) is 7.39. The first-order chi connectivity index (χ1) is 11.0. The molecule has 2 aromatic rings. The van der Waals surface area contributed by atoms with E-state index in [1.807, 2.05) is 14.1 Å². The summed E-state index contributed by atoms with van der Waals surface area (Å²) in [5.41, 5.74) is 1.19. The highest BCUT2D eigenvalue weighted by atomic mass is 16.2. The minimum atomic E-state index is -0.436. The first-order valence-electron chi connectivity index (χ1n) is 7.39. The molecule has 23 heavy (non-hydrogen) atoms. The monoisotopic (exact) mass is 317 g/mol. The van der Waals surface area contributed by atoms with Crippen molar-refractivity contribution in [2.24, 2.45) is 0 Å². The van der Waals surface area contributed by atoms with Gasteiger partial charge in [0.1, 0.15) is 18.7 Å². The minimum Gasteiger partial charge on any atom is -0.348 e. The highest BCUT2D eigenvalue weighted by molar-refractivity contribution is 5.80. The number of carbonyl (C=O) groups is 1. The first kappa shape index (κ1) is 15.2. The smallest absolute Gasteiger partial charge is 0.255 e. The van der Waals surface area contributed by atoms with E-state index in [-0.39, 0.29) is 11.5 Å². The molecule has 0 unspecified atom stereocenters. The summed E-state index contributed by atoms with van der Waals surface area (Å²) in [5.74, 6) is 0.432. The molecule has 0 bridgehead atoms. The molecule has 3 rings (SSSR count). The summed E-state index contributed by atoms with van der Waals surface area (Å²) in [5, 5.41) is 4.01. The van der Waals surface area contributed by atoms with E-state index in [1.165, 1.54) is 17.3 Å². The number of nitrogens with zero attached hydrogens (tertiary/aromatic N) is 6. The Morgan fingerprint density at radius 3 is 2.87 bits per heavy atom. The second kappa shape index (κ2) is 5.82. The van der Waals surface area contributed by atoms with Crippen LogP contribution in [0.1, 0.15) is 24.2 Å². The average Bonchev–Trinajstić information content (AvgIpc) is 3.07. The van der Waals surface area contributed by atoms with E-state index < -0.39 is 6.04 Å². The van der Waals surface area contributed by atoms with Crippen molar-refractivity contribution in [1.29, 1.82) is 0 Å². The fourth-order valence-electron chi connectivity index (χ4n) is 2.62. The molecule has 1 amide bonds. The number of anilines is 1. The molecule has 0 aliphatic carbocycles. The van der Waals surface area contributed by atoms with Crippen LogP contribution in [0.2, 0.25) is 0 Å². The predicted octanol–water partition coefficient (Wildman–Crippen LogP) is -0.427. The summed E-state index contributed by atoms with van der Waals surface area (Å²) in [6.45, 7) is 2.61. The number of nitrogens with one attached hydrogen (secondary N) is 1. The van der Waals surface area contributed by atoms with E-state index >= 15 is 0 Å². The van der Waals surface area contributed by atoms with Gasteiger partial charge in [0.25, 0.3) is 5.56 Å². The summed E-state index contributed by atoms with van der Waals surface area (Å²) < 4.78 is 1.52. The van der Waals surface area contributed by atoms with Crippen LogP contribution >= 0.6 is 0 Å². The van der Waals surface area contributed by atoms with E-state index in [9.17, 15) is 9.59 Å². The number of fused-ring (bicyclic) bond motifs is 1. The Morgan fingerprint density at radius 2 is 2.22 bits per heavy atom. The van der Waals surface area contributed by atoms with Gasteiger partial charge in [-0.3, -0.25) is 14.6 Å². The Bertz CT molecular complexity index is 766. The number of carbonyl (C=O) groups excluding carboxylic acids is 1. The summed E-state index contributed by atoms with van der Waals surface area (Å²) in [7, 11) is 3.62. The normalized spacial score (nSPS) is 15.2. The van der Waals surface area contributed by atoms with Gasteiger partial charge in [-0.2, -0.15) is 5.10 Å². The van der Waals surface area contributed by atoms with Crippen LogP contribution in [0.4, 0.5) is 5.95 Å².